The van der Waals surface area contributed by atoms with Crippen LogP contribution in [0.4, 0.5) is 5.69 Å². The van der Waals surface area contributed by atoms with Crippen molar-refractivity contribution >= 4 is 17.6 Å². The van der Waals surface area contributed by atoms with Crippen LogP contribution < -0.4 is 5.32 Å². The lowest BCUT2D eigenvalue weighted by Gasteiger charge is -2.14. The minimum Gasteiger partial charge on any atom is -0.466 e. The SMILES string of the molecule is CCc1cccc(CC)c1NC(=O)COC(=O)c1cc(C)oc1C. The van der Waals surface area contributed by atoms with Gasteiger partial charge in [0.1, 0.15) is 17.1 Å². The van der Waals surface area contributed by atoms with Crippen LogP contribution >= 0.6 is 0 Å². The lowest BCUT2D eigenvalue weighted by Crippen LogP contribution is -2.22. The van der Waals surface area contributed by atoms with Crippen molar-refractivity contribution in [2.24, 2.45) is 0 Å². The molecule has 0 bridgehead atoms. The van der Waals surface area contributed by atoms with E-state index in [1.807, 2.05) is 32.0 Å². The van der Waals surface area contributed by atoms with Crippen molar-refractivity contribution in [2.75, 3.05) is 11.9 Å². The van der Waals surface area contributed by atoms with Crippen molar-refractivity contribution in [1.29, 1.82) is 0 Å². The molecule has 0 saturated carbocycles. The Morgan fingerprint density at radius 2 is 1.75 bits per heavy atom. The third kappa shape index (κ3) is 4.04. The first-order chi connectivity index (χ1) is 11.5. The highest BCUT2D eigenvalue weighted by molar-refractivity contribution is 5.96. The Labute approximate surface area is 142 Å². The summed E-state index contributed by atoms with van der Waals surface area (Å²) in [6.07, 6.45) is 1.63. The van der Waals surface area contributed by atoms with Gasteiger partial charge in [-0.2, -0.15) is 0 Å². The zero-order valence-electron chi connectivity index (χ0n) is 14.6. The molecule has 2 rings (SSSR count). The second kappa shape index (κ2) is 7.81. The van der Waals surface area contributed by atoms with Crippen LogP contribution in [0, 0.1) is 13.8 Å². The lowest BCUT2D eigenvalue weighted by molar-refractivity contribution is -0.119. The number of esters is 1. The Balaban J connectivity index is 2.02. The van der Waals surface area contributed by atoms with E-state index in [4.69, 9.17) is 9.15 Å². The number of hydrogen-bond acceptors (Lipinski definition) is 4. The molecule has 1 aromatic heterocycles. The number of ether oxygens (including phenoxy) is 1. The van der Waals surface area contributed by atoms with Crippen molar-refractivity contribution in [2.45, 2.75) is 40.5 Å². The second-order valence-corrected chi connectivity index (χ2v) is 5.61. The molecule has 128 valence electrons. The van der Waals surface area contributed by atoms with Gasteiger partial charge < -0.3 is 14.5 Å². The Morgan fingerprint density at radius 3 is 2.25 bits per heavy atom. The molecule has 0 aliphatic heterocycles. The second-order valence-electron chi connectivity index (χ2n) is 5.61. The van der Waals surface area contributed by atoms with E-state index in [1.54, 1.807) is 19.9 Å². The van der Waals surface area contributed by atoms with Gasteiger partial charge in [0.15, 0.2) is 6.61 Å². The molecule has 1 amide bonds. The molecular formula is C19H23NO4. The summed E-state index contributed by atoms with van der Waals surface area (Å²) in [6, 6.07) is 7.56. The molecule has 0 aliphatic rings. The monoisotopic (exact) mass is 329 g/mol. The molecular weight excluding hydrogens is 306 g/mol. The average molecular weight is 329 g/mol. The maximum Gasteiger partial charge on any atom is 0.342 e. The first-order valence-corrected chi connectivity index (χ1v) is 8.11. The molecule has 5 nitrogen and oxygen atoms in total. The molecule has 0 unspecified atom stereocenters. The van der Waals surface area contributed by atoms with Crippen LogP contribution in [0.1, 0.15) is 46.9 Å². The summed E-state index contributed by atoms with van der Waals surface area (Å²) < 4.78 is 10.4. The van der Waals surface area contributed by atoms with Crippen LogP contribution in [0.15, 0.2) is 28.7 Å². The standard InChI is InChI=1S/C19H23NO4/c1-5-14-8-7-9-15(6-2)18(14)20-17(21)11-23-19(22)16-10-12(3)24-13(16)4/h7-10H,5-6,11H2,1-4H3,(H,20,21). The zero-order chi connectivity index (χ0) is 17.7. The first kappa shape index (κ1) is 17.8. The molecule has 24 heavy (non-hydrogen) atoms. The average Bonchev–Trinajstić information content (AvgIpc) is 2.91. The van der Waals surface area contributed by atoms with Crippen LogP contribution in [-0.2, 0) is 22.4 Å². The highest BCUT2D eigenvalue weighted by Gasteiger charge is 2.17. The minimum absolute atomic E-state index is 0.330. The smallest absolute Gasteiger partial charge is 0.342 e. The Hall–Kier alpha value is -2.56. The quantitative estimate of drug-likeness (QED) is 0.818. The van der Waals surface area contributed by atoms with Crippen LogP contribution in [0.3, 0.4) is 0 Å². The Kier molecular flexibility index (Phi) is 5.79. The van der Waals surface area contributed by atoms with Crippen LogP contribution in [-0.4, -0.2) is 18.5 Å². The van der Waals surface area contributed by atoms with Gasteiger partial charge in [-0.3, -0.25) is 4.79 Å². The van der Waals surface area contributed by atoms with Gasteiger partial charge in [-0.1, -0.05) is 32.0 Å². The normalized spacial score (nSPS) is 10.5. The largest absolute Gasteiger partial charge is 0.466 e. The number of hydrogen-bond donors (Lipinski definition) is 1. The Morgan fingerprint density at radius 1 is 1.12 bits per heavy atom. The Bertz CT molecular complexity index is 724. The van der Waals surface area contributed by atoms with E-state index in [9.17, 15) is 9.59 Å². The van der Waals surface area contributed by atoms with Crippen LogP contribution in [0.5, 0.6) is 0 Å². The summed E-state index contributed by atoms with van der Waals surface area (Å²) >= 11 is 0. The predicted octanol–water partition coefficient (Wildman–Crippen LogP) is 3.82. The van der Waals surface area contributed by atoms with Gasteiger partial charge in [-0.25, -0.2) is 4.79 Å². The fourth-order valence-electron chi connectivity index (χ4n) is 2.62. The van der Waals surface area contributed by atoms with Gasteiger partial charge in [0.25, 0.3) is 5.91 Å². The molecule has 1 heterocycles. The summed E-state index contributed by atoms with van der Waals surface area (Å²) in [4.78, 5) is 24.2. The molecule has 5 heteroatoms. The molecule has 0 fully saturated rings. The maximum atomic E-state index is 12.2. The van der Waals surface area contributed by atoms with Crippen molar-refractivity contribution in [3.8, 4) is 0 Å². The number of para-hydroxylation sites is 1. The van der Waals surface area contributed by atoms with Crippen LogP contribution in [0.25, 0.3) is 0 Å². The minimum atomic E-state index is -0.556. The maximum absolute atomic E-state index is 12.2. The van der Waals surface area contributed by atoms with Gasteiger partial charge >= 0.3 is 5.97 Å². The van der Waals surface area contributed by atoms with Crippen molar-refractivity contribution in [3.05, 3.63) is 52.5 Å². The number of carbonyl (C=O) groups is 2. The van der Waals surface area contributed by atoms with Crippen molar-refractivity contribution in [3.63, 3.8) is 0 Å². The highest BCUT2D eigenvalue weighted by atomic mass is 16.5. The lowest BCUT2D eigenvalue weighted by atomic mass is 10.0. The van der Waals surface area contributed by atoms with Gasteiger partial charge in [0.05, 0.1) is 0 Å². The zero-order valence-corrected chi connectivity index (χ0v) is 14.6. The fraction of sp³-hybridized carbons (Fsp3) is 0.368. The summed E-state index contributed by atoms with van der Waals surface area (Å²) in [7, 11) is 0. The first-order valence-electron chi connectivity index (χ1n) is 8.11. The summed E-state index contributed by atoms with van der Waals surface area (Å²) in [6.45, 7) is 7.19. The molecule has 0 saturated heterocycles. The fourth-order valence-corrected chi connectivity index (χ4v) is 2.62. The number of amides is 1. The van der Waals surface area contributed by atoms with E-state index < -0.39 is 5.97 Å². The summed E-state index contributed by atoms with van der Waals surface area (Å²) in [5.41, 5.74) is 3.30. The number of aryl methyl sites for hydroxylation is 4. The molecule has 0 atom stereocenters. The van der Waals surface area contributed by atoms with E-state index in [0.29, 0.717) is 17.1 Å². The van der Waals surface area contributed by atoms with E-state index in [0.717, 1.165) is 29.7 Å². The van der Waals surface area contributed by atoms with Gasteiger partial charge in [-0.15, -0.1) is 0 Å². The number of furan rings is 1. The van der Waals surface area contributed by atoms with Crippen molar-refractivity contribution in [1.82, 2.24) is 0 Å². The molecule has 0 spiro atoms. The number of benzene rings is 1. The number of anilines is 1. The molecule has 0 aliphatic carbocycles. The molecule has 1 N–H and O–H groups in total. The third-order valence-corrected chi connectivity index (χ3v) is 3.86. The van der Waals surface area contributed by atoms with E-state index in [-0.39, 0.29) is 12.5 Å². The van der Waals surface area contributed by atoms with Gasteiger partial charge in [0.2, 0.25) is 0 Å². The van der Waals surface area contributed by atoms with Gasteiger partial charge in [-0.05, 0) is 43.9 Å². The number of carbonyl (C=O) groups excluding carboxylic acids is 2. The van der Waals surface area contributed by atoms with E-state index in [2.05, 4.69) is 5.32 Å². The highest BCUT2D eigenvalue weighted by Crippen LogP contribution is 2.22. The number of nitrogens with one attached hydrogen (secondary N) is 1. The number of rotatable bonds is 6. The van der Waals surface area contributed by atoms with Crippen LogP contribution in [0.2, 0.25) is 0 Å². The van der Waals surface area contributed by atoms with E-state index >= 15 is 0 Å². The predicted molar refractivity (Wildman–Crippen MR) is 92.3 cm³/mol. The molecule has 2 aromatic rings. The molecule has 0 radical (unpaired) electrons. The topological polar surface area (TPSA) is 68.5 Å². The third-order valence-electron chi connectivity index (χ3n) is 3.86. The van der Waals surface area contributed by atoms with E-state index in [1.165, 1.54) is 0 Å². The van der Waals surface area contributed by atoms with Crippen molar-refractivity contribution < 1.29 is 18.7 Å². The molecule has 1 aromatic carbocycles. The summed E-state index contributed by atoms with van der Waals surface area (Å²) in [5, 5.41) is 2.87. The van der Waals surface area contributed by atoms with Gasteiger partial charge in [0, 0.05) is 5.69 Å². The summed E-state index contributed by atoms with van der Waals surface area (Å²) in [5.74, 6) is 0.215.